The van der Waals surface area contributed by atoms with E-state index < -0.39 is 10.0 Å². The fraction of sp³-hybridized carbons (Fsp3) is 1.00. The number of hydrogen-bond donors (Lipinski definition) is 1. The highest BCUT2D eigenvalue weighted by atomic mass is 79.9. The van der Waals surface area contributed by atoms with Crippen LogP contribution >= 0.6 is 15.9 Å². The van der Waals surface area contributed by atoms with Gasteiger partial charge in [0.15, 0.2) is 0 Å². The molecule has 0 spiro atoms. The Hall–Kier alpha value is 0.310. The number of sulfonamides is 1. The number of hydrogen-bond acceptors (Lipinski definition) is 4. The monoisotopic (exact) mass is 314 g/mol. The van der Waals surface area contributed by atoms with Crippen molar-refractivity contribution in [1.29, 1.82) is 0 Å². The molecule has 0 aliphatic carbocycles. The highest BCUT2D eigenvalue weighted by Gasteiger charge is 2.29. The molecule has 1 N–H and O–H groups in total. The molecule has 5 nitrogen and oxygen atoms in total. The molecule has 0 amide bonds. The standard InChI is InChI=1S/C9H19BrN2O3S/c1-9(2,7-11-16(13,14)8-10)12-3-5-15-6-4-12/h11H,3-8H2,1-2H3. The molecule has 96 valence electrons. The summed E-state index contributed by atoms with van der Waals surface area (Å²) in [6.45, 7) is 7.63. The SMILES string of the molecule is CC(C)(CNS(=O)(=O)CBr)N1CCOCC1. The Balaban J connectivity index is 2.50. The summed E-state index contributed by atoms with van der Waals surface area (Å²) in [5.74, 6) is 0. The summed E-state index contributed by atoms with van der Waals surface area (Å²) in [5.41, 5.74) is -0.182. The van der Waals surface area contributed by atoms with Gasteiger partial charge in [0.2, 0.25) is 10.0 Å². The third-order valence-electron chi connectivity index (χ3n) is 2.74. The topological polar surface area (TPSA) is 58.6 Å². The van der Waals surface area contributed by atoms with Crippen LogP contribution in [0.2, 0.25) is 0 Å². The zero-order valence-electron chi connectivity index (χ0n) is 9.70. The molecule has 0 aromatic heterocycles. The lowest BCUT2D eigenvalue weighted by atomic mass is 10.0. The summed E-state index contributed by atoms with van der Waals surface area (Å²) in [6, 6.07) is 0. The van der Waals surface area contributed by atoms with Crippen molar-refractivity contribution in [2.45, 2.75) is 19.4 Å². The van der Waals surface area contributed by atoms with Gasteiger partial charge in [-0.15, -0.1) is 0 Å². The first-order chi connectivity index (χ1) is 7.37. The highest BCUT2D eigenvalue weighted by molar-refractivity contribution is 9.10. The van der Waals surface area contributed by atoms with Crippen molar-refractivity contribution in [1.82, 2.24) is 9.62 Å². The Morgan fingerprint density at radius 3 is 2.44 bits per heavy atom. The molecule has 0 bridgehead atoms. The Morgan fingerprint density at radius 1 is 1.38 bits per heavy atom. The van der Waals surface area contributed by atoms with Crippen LogP contribution in [0.1, 0.15) is 13.8 Å². The lowest BCUT2D eigenvalue weighted by Crippen LogP contribution is -2.55. The van der Waals surface area contributed by atoms with Gasteiger partial charge in [-0.3, -0.25) is 4.90 Å². The molecule has 0 radical (unpaired) electrons. The molecular weight excluding hydrogens is 296 g/mol. The highest BCUT2D eigenvalue weighted by Crippen LogP contribution is 2.15. The number of ether oxygens (including phenoxy) is 1. The van der Waals surface area contributed by atoms with E-state index in [4.69, 9.17) is 4.74 Å². The van der Waals surface area contributed by atoms with Gasteiger partial charge in [-0.25, -0.2) is 13.1 Å². The van der Waals surface area contributed by atoms with Gasteiger partial charge in [0.1, 0.15) is 4.66 Å². The smallest absolute Gasteiger partial charge is 0.221 e. The van der Waals surface area contributed by atoms with E-state index >= 15 is 0 Å². The molecule has 7 heteroatoms. The molecule has 1 heterocycles. The van der Waals surface area contributed by atoms with Crippen molar-refractivity contribution in [3.8, 4) is 0 Å². The predicted octanol–water partition coefficient (Wildman–Crippen LogP) is 0.369. The molecule has 0 aromatic carbocycles. The van der Waals surface area contributed by atoms with Crippen LogP contribution in [0.3, 0.4) is 0 Å². The third-order valence-corrected chi connectivity index (χ3v) is 5.42. The van der Waals surface area contributed by atoms with Gasteiger partial charge >= 0.3 is 0 Å². The van der Waals surface area contributed by atoms with E-state index in [-0.39, 0.29) is 10.2 Å². The van der Waals surface area contributed by atoms with Crippen LogP contribution in [0, 0.1) is 0 Å². The van der Waals surface area contributed by atoms with Gasteiger partial charge in [-0.05, 0) is 13.8 Å². The minimum atomic E-state index is -3.18. The van der Waals surface area contributed by atoms with Crippen LogP contribution < -0.4 is 4.72 Å². The number of nitrogens with one attached hydrogen (secondary N) is 1. The summed E-state index contributed by atoms with van der Waals surface area (Å²) in [5, 5.41) is 0. The van der Waals surface area contributed by atoms with Crippen LogP contribution in [-0.2, 0) is 14.8 Å². The minimum absolute atomic E-state index is 0.0564. The molecule has 0 atom stereocenters. The van der Waals surface area contributed by atoms with Crippen LogP contribution in [0.15, 0.2) is 0 Å². The third kappa shape index (κ3) is 4.29. The summed E-state index contributed by atoms with van der Waals surface area (Å²) < 4.78 is 30.5. The van der Waals surface area contributed by atoms with Crippen LogP contribution in [0.4, 0.5) is 0 Å². The largest absolute Gasteiger partial charge is 0.379 e. The first-order valence-corrected chi connectivity index (χ1v) is 8.01. The molecule has 1 saturated heterocycles. The molecule has 1 rings (SSSR count). The maximum atomic E-state index is 11.3. The average Bonchev–Trinajstić information content (AvgIpc) is 2.28. The molecule has 0 saturated carbocycles. The summed E-state index contributed by atoms with van der Waals surface area (Å²) in [7, 11) is -3.18. The Labute approximate surface area is 106 Å². The normalized spacial score (nSPS) is 19.9. The van der Waals surface area contributed by atoms with Gasteiger partial charge < -0.3 is 4.74 Å². The number of rotatable bonds is 5. The number of alkyl halides is 1. The molecule has 1 aliphatic heterocycles. The van der Waals surface area contributed by atoms with E-state index in [1.165, 1.54) is 0 Å². The van der Waals surface area contributed by atoms with E-state index in [1.54, 1.807) is 0 Å². The molecule has 0 aromatic rings. The van der Waals surface area contributed by atoms with Crippen LogP contribution in [0.5, 0.6) is 0 Å². The maximum absolute atomic E-state index is 11.3. The van der Waals surface area contributed by atoms with Gasteiger partial charge in [-0.2, -0.15) is 0 Å². The van der Waals surface area contributed by atoms with E-state index in [1.807, 2.05) is 13.8 Å². The Bertz CT molecular complexity index is 313. The molecular formula is C9H19BrN2O3S. The van der Waals surface area contributed by atoms with Crippen molar-refractivity contribution < 1.29 is 13.2 Å². The van der Waals surface area contributed by atoms with E-state index in [0.717, 1.165) is 13.1 Å². The van der Waals surface area contributed by atoms with E-state index in [2.05, 4.69) is 25.6 Å². The second kappa shape index (κ2) is 5.77. The summed E-state index contributed by atoms with van der Waals surface area (Å²) >= 11 is 2.95. The maximum Gasteiger partial charge on any atom is 0.221 e. The molecule has 1 aliphatic rings. The zero-order valence-corrected chi connectivity index (χ0v) is 12.1. The molecule has 16 heavy (non-hydrogen) atoms. The van der Waals surface area contributed by atoms with Crippen molar-refractivity contribution in [3.63, 3.8) is 0 Å². The average molecular weight is 315 g/mol. The first kappa shape index (κ1) is 14.4. The fourth-order valence-corrected chi connectivity index (χ4v) is 2.74. The Kier molecular flexibility index (Phi) is 5.18. The second-order valence-corrected chi connectivity index (χ2v) is 7.57. The second-order valence-electron chi connectivity index (χ2n) is 4.46. The minimum Gasteiger partial charge on any atom is -0.379 e. The van der Waals surface area contributed by atoms with Crippen molar-refractivity contribution in [3.05, 3.63) is 0 Å². The van der Waals surface area contributed by atoms with Gasteiger partial charge in [0.05, 0.1) is 13.2 Å². The van der Waals surface area contributed by atoms with Crippen molar-refractivity contribution in [2.75, 3.05) is 37.5 Å². The van der Waals surface area contributed by atoms with Crippen LogP contribution in [-0.4, -0.2) is 56.4 Å². The lowest BCUT2D eigenvalue weighted by molar-refractivity contribution is -0.00802. The summed E-state index contributed by atoms with van der Waals surface area (Å²) in [4.78, 5) is 2.24. The number of nitrogens with zero attached hydrogens (tertiary/aromatic N) is 1. The zero-order chi connectivity index (χ0) is 12.2. The van der Waals surface area contributed by atoms with Gasteiger partial charge in [0.25, 0.3) is 0 Å². The lowest BCUT2D eigenvalue weighted by Gasteiger charge is -2.40. The molecule has 0 unspecified atom stereocenters. The summed E-state index contributed by atoms with van der Waals surface area (Å²) in [6.07, 6.45) is 0. The van der Waals surface area contributed by atoms with Crippen LogP contribution in [0.25, 0.3) is 0 Å². The van der Waals surface area contributed by atoms with E-state index in [9.17, 15) is 8.42 Å². The number of halogens is 1. The van der Waals surface area contributed by atoms with Crippen molar-refractivity contribution >= 4 is 26.0 Å². The predicted molar refractivity (Wildman–Crippen MR) is 67.2 cm³/mol. The quantitative estimate of drug-likeness (QED) is 0.745. The number of morpholine rings is 1. The molecule has 1 fully saturated rings. The fourth-order valence-electron chi connectivity index (χ4n) is 1.61. The first-order valence-electron chi connectivity index (χ1n) is 5.23. The van der Waals surface area contributed by atoms with E-state index in [0.29, 0.717) is 19.8 Å². The van der Waals surface area contributed by atoms with Crippen molar-refractivity contribution in [2.24, 2.45) is 0 Å². The van der Waals surface area contributed by atoms with Gasteiger partial charge in [0, 0.05) is 25.2 Å². The van der Waals surface area contributed by atoms with Gasteiger partial charge in [-0.1, -0.05) is 15.9 Å². The Morgan fingerprint density at radius 2 is 1.94 bits per heavy atom.